The van der Waals surface area contributed by atoms with E-state index in [-0.39, 0.29) is 24.0 Å². The van der Waals surface area contributed by atoms with Gasteiger partial charge in [-0.25, -0.2) is 0 Å². The summed E-state index contributed by atoms with van der Waals surface area (Å²) in [6.07, 6.45) is 25.7. The smallest absolute Gasteiger partial charge is 0.107 e. The Labute approximate surface area is 193 Å². The molecule has 170 valence electrons. The molecule has 0 aliphatic carbocycles. The summed E-state index contributed by atoms with van der Waals surface area (Å²) in [4.78, 5) is 0. The van der Waals surface area contributed by atoms with Crippen molar-refractivity contribution < 1.29 is 39.2 Å². The van der Waals surface area contributed by atoms with Gasteiger partial charge < -0.3 is 39.2 Å². The molecule has 0 amide bonds. The van der Waals surface area contributed by atoms with Crippen molar-refractivity contribution in [1.82, 2.24) is 0 Å². The van der Waals surface area contributed by atoms with Crippen molar-refractivity contribution in [1.29, 1.82) is 0 Å². The average molecular weight is 512 g/mol. The summed E-state index contributed by atoms with van der Waals surface area (Å²) in [7, 11) is 0. The van der Waals surface area contributed by atoms with Crippen LogP contribution in [0.5, 0.6) is 0 Å². The quantitative estimate of drug-likeness (QED) is 0.202. The van der Waals surface area contributed by atoms with Crippen LogP contribution in [-0.2, 0) is 9.47 Å². The van der Waals surface area contributed by atoms with Crippen molar-refractivity contribution in [3.63, 3.8) is 0 Å². The van der Waals surface area contributed by atoms with Crippen LogP contribution in [0.2, 0.25) is 0 Å². The molecule has 0 radical (unpaired) electrons. The van der Waals surface area contributed by atoms with Gasteiger partial charge in [-0.05, 0) is 19.3 Å². The van der Waals surface area contributed by atoms with Crippen LogP contribution in [0, 0.1) is 0 Å². The SMILES string of the molecule is CCCCCCCCCCCCCCCCCCOC[C@@H]1CC[C@@H](C[NH3+])O1.[I-]. The molecule has 0 bridgehead atoms. The molecule has 0 saturated carbocycles. The Bertz CT molecular complexity index is 304. The highest BCUT2D eigenvalue weighted by Gasteiger charge is 2.25. The van der Waals surface area contributed by atoms with Crippen LogP contribution in [0.15, 0.2) is 0 Å². The first-order valence-electron chi connectivity index (χ1n) is 12.4. The summed E-state index contributed by atoms with van der Waals surface area (Å²) < 4.78 is 11.6. The average Bonchev–Trinajstić information content (AvgIpc) is 3.15. The van der Waals surface area contributed by atoms with Gasteiger partial charge in [0.1, 0.15) is 12.6 Å². The normalized spacial score (nSPS) is 19.1. The van der Waals surface area contributed by atoms with Gasteiger partial charge in [-0.1, -0.05) is 103 Å². The van der Waals surface area contributed by atoms with Crippen LogP contribution < -0.4 is 29.7 Å². The van der Waals surface area contributed by atoms with Crippen molar-refractivity contribution in [2.24, 2.45) is 0 Å². The molecular formula is C24H50INO2. The third-order valence-corrected chi connectivity index (χ3v) is 5.96. The van der Waals surface area contributed by atoms with Crippen LogP contribution in [0.25, 0.3) is 0 Å². The molecule has 1 heterocycles. The maximum Gasteiger partial charge on any atom is 0.107 e. The standard InChI is InChI=1S/C24H49NO2.HI/c1-2-3-4-5-6-7-8-9-10-11-12-13-14-15-16-17-20-26-22-24-19-18-23(21-25)27-24;/h23-24H,2-22,25H2,1H3;1H/t23-,24-;/m0./s1. The molecule has 0 aromatic heterocycles. The molecule has 4 heteroatoms. The number of hydrogen-bond acceptors (Lipinski definition) is 2. The molecule has 1 fully saturated rings. The summed E-state index contributed by atoms with van der Waals surface area (Å²) >= 11 is 0. The lowest BCUT2D eigenvalue weighted by molar-refractivity contribution is -0.385. The first-order valence-corrected chi connectivity index (χ1v) is 12.4. The minimum atomic E-state index is 0. The zero-order valence-electron chi connectivity index (χ0n) is 18.9. The minimum Gasteiger partial charge on any atom is -1.00 e. The van der Waals surface area contributed by atoms with Gasteiger partial charge in [0.05, 0.1) is 12.7 Å². The Hall–Kier alpha value is 0.610. The van der Waals surface area contributed by atoms with Gasteiger partial charge in [-0.2, -0.15) is 0 Å². The number of ether oxygens (including phenoxy) is 2. The van der Waals surface area contributed by atoms with Crippen molar-refractivity contribution in [3.8, 4) is 0 Å². The lowest BCUT2D eigenvalue weighted by Gasteiger charge is -2.11. The number of unbranched alkanes of at least 4 members (excludes halogenated alkanes) is 15. The topological polar surface area (TPSA) is 46.1 Å². The van der Waals surface area contributed by atoms with Gasteiger partial charge >= 0.3 is 0 Å². The molecule has 1 aliphatic rings. The lowest BCUT2D eigenvalue weighted by Crippen LogP contribution is -3.00. The zero-order valence-corrected chi connectivity index (χ0v) is 21.1. The van der Waals surface area contributed by atoms with Crippen molar-refractivity contribution in [2.45, 2.75) is 135 Å². The molecule has 28 heavy (non-hydrogen) atoms. The predicted molar refractivity (Wildman–Crippen MR) is 116 cm³/mol. The van der Waals surface area contributed by atoms with E-state index < -0.39 is 0 Å². The lowest BCUT2D eigenvalue weighted by atomic mass is 10.0. The summed E-state index contributed by atoms with van der Waals surface area (Å²) in [5.41, 5.74) is 3.92. The molecule has 1 rings (SSSR count). The first-order chi connectivity index (χ1) is 13.4. The van der Waals surface area contributed by atoms with E-state index in [0.717, 1.165) is 32.6 Å². The van der Waals surface area contributed by atoms with E-state index in [1.165, 1.54) is 103 Å². The van der Waals surface area contributed by atoms with Gasteiger partial charge in [0.2, 0.25) is 0 Å². The van der Waals surface area contributed by atoms with E-state index in [1.807, 2.05) is 0 Å². The van der Waals surface area contributed by atoms with Crippen LogP contribution in [0.1, 0.15) is 122 Å². The Morgan fingerprint density at radius 3 is 1.54 bits per heavy atom. The Balaban J connectivity index is 0.00000729. The van der Waals surface area contributed by atoms with Crippen LogP contribution in [-0.4, -0.2) is 32.0 Å². The Morgan fingerprint density at radius 2 is 1.11 bits per heavy atom. The van der Waals surface area contributed by atoms with Crippen LogP contribution >= 0.6 is 0 Å². The van der Waals surface area contributed by atoms with E-state index in [0.29, 0.717) is 12.2 Å². The Morgan fingerprint density at radius 1 is 0.679 bits per heavy atom. The van der Waals surface area contributed by atoms with Crippen molar-refractivity contribution >= 4 is 0 Å². The first kappa shape index (κ1) is 28.6. The maximum atomic E-state index is 5.86. The van der Waals surface area contributed by atoms with Gasteiger partial charge in [-0.3, -0.25) is 0 Å². The molecule has 0 unspecified atom stereocenters. The monoisotopic (exact) mass is 511 g/mol. The van der Waals surface area contributed by atoms with Gasteiger partial charge in [0.25, 0.3) is 0 Å². The van der Waals surface area contributed by atoms with E-state index in [4.69, 9.17) is 9.47 Å². The molecule has 0 spiro atoms. The maximum absolute atomic E-state index is 5.86. The molecule has 3 N–H and O–H groups in total. The number of halogens is 1. The van der Waals surface area contributed by atoms with Crippen LogP contribution in [0.3, 0.4) is 0 Å². The summed E-state index contributed by atoms with van der Waals surface area (Å²) in [5, 5.41) is 0. The number of hydrogen-bond donors (Lipinski definition) is 1. The Kier molecular flexibility index (Phi) is 22.8. The van der Waals surface area contributed by atoms with E-state index in [2.05, 4.69) is 12.7 Å². The highest BCUT2D eigenvalue weighted by Crippen LogP contribution is 2.19. The second kappa shape index (κ2) is 22.3. The fourth-order valence-corrected chi connectivity index (χ4v) is 4.08. The predicted octanol–water partition coefficient (Wildman–Crippen LogP) is 3.06. The highest BCUT2D eigenvalue weighted by molar-refractivity contribution is 4.72. The van der Waals surface area contributed by atoms with Gasteiger partial charge in [0.15, 0.2) is 0 Å². The summed E-state index contributed by atoms with van der Waals surface area (Å²) in [6.45, 7) is 4.89. The largest absolute Gasteiger partial charge is 1.00 e. The molecule has 0 aromatic carbocycles. The van der Waals surface area contributed by atoms with E-state index in [9.17, 15) is 0 Å². The second-order valence-corrected chi connectivity index (χ2v) is 8.62. The molecular weight excluding hydrogens is 461 g/mol. The molecule has 0 aromatic rings. The summed E-state index contributed by atoms with van der Waals surface area (Å²) in [6, 6.07) is 0. The van der Waals surface area contributed by atoms with Crippen molar-refractivity contribution in [2.75, 3.05) is 19.8 Å². The fourth-order valence-electron chi connectivity index (χ4n) is 4.08. The fraction of sp³-hybridized carbons (Fsp3) is 1.00. The van der Waals surface area contributed by atoms with Gasteiger partial charge in [0, 0.05) is 6.61 Å². The van der Waals surface area contributed by atoms with E-state index in [1.54, 1.807) is 0 Å². The molecule has 3 nitrogen and oxygen atoms in total. The number of quaternary nitrogens is 1. The zero-order chi connectivity index (χ0) is 19.4. The van der Waals surface area contributed by atoms with Crippen LogP contribution in [0.4, 0.5) is 0 Å². The third-order valence-electron chi connectivity index (χ3n) is 5.96. The van der Waals surface area contributed by atoms with E-state index >= 15 is 0 Å². The number of rotatable bonds is 20. The minimum absolute atomic E-state index is 0. The second-order valence-electron chi connectivity index (χ2n) is 8.62. The van der Waals surface area contributed by atoms with Crippen molar-refractivity contribution in [3.05, 3.63) is 0 Å². The summed E-state index contributed by atoms with van der Waals surface area (Å²) in [5.74, 6) is 0. The molecule has 1 saturated heterocycles. The highest BCUT2D eigenvalue weighted by atomic mass is 127. The third kappa shape index (κ3) is 17.5. The molecule has 2 atom stereocenters. The van der Waals surface area contributed by atoms with Gasteiger partial charge in [-0.15, -0.1) is 0 Å². The molecule has 1 aliphatic heterocycles.